The smallest absolute Gasteiger partial charge is 0.251 e. The Morgan fingerprint density at radius 3 is 2.69 bits per heavy atom. The first kappa shape index (κ1) is 19.3. The number of benzene rings is 3. The molecule has 3 N–H and O–H groups in total. The Bertz CT molecular complexity index is 1320. The molecule has 0 radical (unpaired) electrons. The predicted octanol–water partition coefficient (Wildman–Crippen LogP) is 5.81. The van der Waals surface area contributed by atoms with Crippen LogP contribution in [0.2, 0.25) is 0 Å². The fourth-order valence-corrected chi connectivity index (χ4v) is 5.35. The molecular weight excluding hydrogens is 394 g/mol. The largest absolute Gasteiger partial charge is 0.357 e. The van der Waals surface area contributed by atoms with Crippen LogP contribution in [-0.4, -0.2) is 10.9 Å². The average Bonchev–Trinajstić information content (AvgIpc) is 3.40. The van der Waals surface area contributed by atoms with E-state index < -0.39 is 0 Å². The van der Waals surface area contributed by atoms with E-state index in [4.69, 9.17) is 0 Å². The normalized spacial score (nSPS) is 18.3. The van der Waals surface area contributed by atoms with Crippen LogP contribution in [0.15, 0.2) is 66.7 Å². The van der Waals surface area contributed by atoms with Crippen LogP contribution in [0.1, 0.15) is 64.6 Å². The average molecular weight is 422 g/mol. The highest BCUT2D eigenvalue weighted by molar-refractivity contribution is 5.99. The molecular formula is C28H27N3O. The van der Waals surface area contributed by atoms with Crippen LogP contribution in [0, 0.1) is 0 Å². The summed E-state index contributed by atoms with van der Waals surface area (Å²) in [4.78, 5) is 15.8. The summed E-state index contributed by atoms with van der Waals surface area (Å²) in [5.74, 6) is 0.0275. The van der Waals surface area contributed by atoms with Gasteiger partial charge in [0.15, 0.2) is 0 Å². The minimum atomic E-state index is 0.0275. The van der Waals surface area contributed by atoms with Gasteiger partial charge < -0.3 is 15.6 Å². The van der Waals surface area contributed by atoms with Crippen molar-refractivity contribution in [3.63, 3.8) is 0 Å². The first-order valence-corrected chi connectivity index (χ1v) is 11.5. The molecule has 4 nitrogen and oxygen atoms in total. The topological polar surface area (TPSA) is 56.9 Å². The molecule has 1 aliphatic carbocycles. The lowest BCUT2D eigenvalue weighted by Crippen LogP contribution is -2.27. The summed E-state index contributed by atoms with van der Waals surface area (Å²) >= 11 is 0. The molecule has 2 atom stereocenters. The SMILES string of the molecule is C[C@@H](NC1CCCc2c1[nH]c1cc(-c3ccc4c(c3)C(=O)NC4)ccc21)c1ccccc1. The molecule has 0 fully saturated rings. The van der Waals surface area contributed by atoms with Crippen molar-refractivity contribution in [1.29, 1.82) is 0 Å². The van der Waals surface area contributed by atoms with E-state index >= 15 is 0 Å². The van der Waals surface area contributed by atoms with Gasteiger partial charge in [0.2, 0.25) is 0 Å². The molecule has 0 saturated heterocycles. The zero-order chi connectivity index (χ0) is 21.7. The van der Waals surface area contributed by atoms with Crippen LogP contribution in [-0.2, 0) is 13.0 Å². The highest BCUT2D eigenvalue weighted by Gasteiger charge is 2.26. The Labute approximate surface area is 188 Å². The summed E-state index contributed by atoms with van der Waals surface area (Å²) in [6.45, 7) is 2.88. The lowest BCUT2D eigenvalue weighted by atomic mass is 9.90. The van der Waals surface area contributed by atoms with Gasteiger partial charge >= 0.3 is 0 Å². The summed E-state index contributed by atoms with van der Waals surface area (Å²) in [6, 6.07) is 24.2. The second kappa shape index (κ2) is 7.64. The first-order valence-electron chi connectivity index (χ1n) is 11.5. The monoisotopic (exact) mass is 421 g/mol. The Kier molecular flexibility index (Phi) is 4.62. The quantitative estimate of drug-likeness (QED) is 0.390. The van der Waals surface area contributed by atoms with Gasteiger partial charge in [-0.3, -0.25) is 4.79 Å². The lowest BCUT2D eigenvalue weighted by Gasteiger charge is -2.27. The molecule has 2 aliphatic rings. The molecule has 2 heterocycles. The number of fused-ring (bicyclic) bond motifs is 4. The number of aryl methyl sites for hydroxylation is 1. The van der Waals surface area contributed by atoms with Gasteiger partial charge in [-0.05, 0) is 66.1 Å². The van der Waals surface area contributed by atoms with E-state index in [1.165, 1.54) is 34.1 Å². The fourth-order valence-electron chi connectivity index (χ4n) is 5.35. The van der Waals surface area contributed by atoms with E-state index in [0.29, 0.717) is 18.6 Å². The molecule has 32 heavy (non-hydrogen) atoms. The number of aromatic amines is 1. The number of hydrogen-bond acceptors (Lipinski definition) is 2. The lowest BCUT2D eigenvalue weighted by molar-refractivity contribution is 0.0966. The molecule has 1 aromatic heterocycles. The van der Waals surface area contributed by atoms with E-state index in [9.17, 15) is 4.79 Å². The third kappa shape index (κ3) is 3.23. The van der Waals surface area contributed by atoms with Crippen LogP contribution >= 0.6 is 0 Å². The Morgan fingerprint density at radius 1 is 1.00 bits per heavy atom. The number of nitrogens with one attached hydrogen (secondary N) is 3. The van der Waals surface area contributed by atoms with Crippen molar-refractivity contribution < 1.29 is 4.79 Å². The summed E-state index contributed by atoms with van der Waals surface area (Å²) in [5, 5.41) is 8.08. The molecule has 4 aromatic rings. The highest BCUT2D eigenvalue weighted by atomic mass is 16.1. The fraction of sp³-hybridized carbons (Fsp3) is 0.250. The molecule has 160 valence electrons. The molecule has 4 heteroatoms. The predicted molar refractivity (Wildman–Crippen MR) is 129 cm³/mol. The number of amides is 1. The van der Waals surface area contributed by atoms with Crippen LogP contribution in [0.4, 0.5) is 0 Å². The number of carbonyl (C=O) groups is 1. The molecule has 6 rings (SSSR count). The Morgan fingerprint density at radius 2 is 1.81 bits per heavy atom. The zero-order valence-electron chi connectivity index (χ0n) is 18.2. The van der Waals surface area contributed by atoms with Crippen molar-refractivity contribution in [3.8, 4) is 11.1 Å². The minimum absolute atomic E-state index is 0.0275. The number of carbonyl (C=O) groups excluding carboxylic acids is 1. The van der Waals surface area contributed by atoms with E-state index in [0.717, 1.165) is 35.1 Å². The molecule has 0 bridgehead atoms. The third-order valence-electron chi connectivity index (χ3n) is 7.09. The van der Waals surface area contributed by atoms with Crippen LogP contribution < -0.4 is 10.6 Å². The highest BCUT2D eigenvalue weighted by Crippen LogP contribution is 2.37. The van der Waals surface area contributed by atoms with Gasteiger partial charge in [-0.1, -0.05) is 54.6 Å². The molecule has 1 unspecified atom stereocenters. The molecule has 1 aliphatic heterocycles. The van der Waals surface area contributed by atoms with Gasteiger partial charge in [0.25, 0.3) is 5.91 Å². The maximum atomic E-state index is 12.1. The van der Waals surface area contributed by atoms with E-state index in [2.05, 4.69) is 83.2 Å². The van der Waals surface area contributed by atoms with Gasteiger partial charge in [0, 0.05) is 40.8 Å². The van der Waals surface area contributed by atoms with Gasteiger partial charge in [-0.25, -0.2) is 0 Å². The molecule has 0 spiro atoms. The number of rotatable bonds is 4. The Hall–Kier alpha value is -3.37. The van der Waals surface area contributed by atoms with Crippen molar-refractivity contribution in [2.75, 3.05) is 0 Å². The minimum Gasteiger partial charge on any atom is -0.357 e. The number of hydrogen-bond donors (Lipinski definition) is 3. The Balaban J connectivity index is 1.34. The van der Waals surface area contributed by atoms with Crippen molar-refractivity contribution in [2.24, 2.45) is 0 Å². The maximum Gasteiger partial charge on any atom is 0.251 e. The van der Waals surface area contributed by atoms with Gasteiger partial charge in [0.1, 0.15) is 0 Å². The number of aromatic nitrogens is 1. The summed E-state index contributed by atoms with van der Waals surface area (Å²) in [5.41, 5.74) is 9.38. The molecule has 1 amide bonds. The summed E-state index contributed by atoms with van der Waals surface area (Å²) in [6.07, 6.45) is 3.45. The van der Waals surface area contributed by atoms with Crippen molar-refractivity contribution >= 4 is 16.8 Å². The van der Waals surface area contributed by atoms with Crippen molar-refractivity contribution in [3.05, 3.63) is 94.7 Å². The van der Waals surface area contributed by atoms with Crippen LogP contribution in [0.25, 0.3) is 22.0 Å². The standard InChI is InChI=1S/C28H27N3O/c1-17(18-6-3-2-4-7-18)30-25-9-5-8-23-22-13-12-20(15-26(22)31-27(23)25)19-10-11-21-16-29-28(32)24(21)14-19/h2-4,6-7,10-15,17,25,30-31H,5,8-9,16H2,1H3,(H,29,32)/t17-,25?/m1/s1. The first-order chi connectivity index (χ1) is 15.7. The zero-order valence-corrected chi connectivity index (χ0v) is 18.2. The van der Waals surface area contributed by atoms with Crippen LogP contribution in [0.3, 0.4) is 0 Å². The maximum absolute atomic E-state index is 12.1. The summed E-state index contributed by atoms with van der Waals surface area (Å²) in [7, 11) is 0. The van der Waals surface area contributed by atoms with E-state index in [1.54, 1.807) is 0 Å². The van der Waals surface area contributed by atoms with Gasteiger partial charge in [-0.15, -0.1) is 0 Å². The molecule has 0 saturated carbocycles. The van der Waals surface area contributed by atoms with Crippen LogP contribution in [0.5, 0.6) is 0 Å². The van der Waals surface area contributed by atoms with Gasteiger partial charge in [-0.2, -0.15) is 0 Å². The number of H-pyrrole nitrogens is 1. The third-order valence-corrected chi connectivity index (χ3v) is 7.09. The van der Waals surface area contributed by atoms with Gasteiger partial charge in [0.05, 0.1) is 0 Å². The second-order valence-electron chi connectivity index (χ2n) is 9.08. The van der Waals surface area contributed by atoms with E-state index in [1.807, 2.05) is 6.07 Å². The second-order valence-corrected chi connectivity index (χ2v) is 9.08. The van der Waals surface area contributed by atoms with Crippen molar-refractivity contribution in [2.45, 2.75) is 44.8 Å². The van der Waals surface area contributed by atoms with Crippen molar-refractivity contribution in [1.82, 2.24) is 15.6 Å². The molecule has 3 aromatic carbocycles. The summed E-state index contributed by atoms with van der Waals surface area (Å²) < 4.78 is 0. The van der Waals surface area contributed by atoms with E-state index in [-0.39, 0.29) is 5.91 Å².